The molecule has 1 aromatic rings. The molecule has 1 aliphatic rings. The highest BCUT2D eigenvalue weighted by atomic mass is 35.5. The van der Waals surface area contributed by atoms with Crippen molar-refractivity contribution in [2.45, 2.75) is 30.5 Å². The van der Waals surface area contributed by atoms with Crippen LogP contribution in [0.5, 0.6) is 0 Å². The molecule has 6 heteroatoms. The first-order valence-corrected chi connectivity index (χ1v) is 7.82. The van der Waals surface area contributed by atoms with Crippen molar-refractivity contribution in [2.24, 2.45) is 0 Å². The zero-order chi connectivity index (χ0) is 13.0. The van der Waals surface area contributed by atoms with Crippen LogP contribution in [0, 0.1) is 0 Å². The average Bonchev–Trinajstić information content (AvgIpc) is 2.39. The lowest BCUT2D eigenvalue weighted by Gasteiger charge is -2.28. The van der Waals surface area contributed by atoms with Gasteiger partial charge in [-0.05, 0) is 25.6 Å². The third kappa shape index (κ3) is 3.73. The Kier molecular flexibility index (Phi) is 5.09. The summed E-state index contributed by atoms with van der Waals surface area (Å²) < 4.78 is 0. The number of nitrogens with one attached hydrogen (secondary N) is 1. The summed E-state index contributed by atoms with van der Waals surface area (Å²) in [5.74, 6) is 0.895. The van der Waals surface area contributed by atoms with E-state index < -0.39 is 0 Å². The molecule has 1 saturated heterocycles. The Morgan fingerprint density at radius 3 is 3.00 bits per heavy atom. The van der Waals surface area contributed by atoms with E-state index in [2.05, 4.69) is 27.2 Å². The average molecular weight is 287 g/mol. The van der Waals surface area contributed by atoms with Crippen LogP contribution in [-0.4, -0.2) is 42.4 Å². The van der Waals surface area contributed by atoms with Crippen LogP contribution in [0.15, 0.2) is 11.2 Å². The smallest absolute Gasteiger partial charge is 0.190 e. The summed E-state index contributed by atoms with van der Waals surface area (Å²) >= 11 is 7.52. The molecular formula is C12H19ClN4S. The van der Waals surface area contributed by atoms with Crippen LogP contribution < -0.4 is 10.2 Å². The van der Waals surface area contributed by atoms with Crippen LogP contribution in [0.3, 0.4) is 0 Å². The normalized spacial score (nSPS) is 19.8. The molecular weight excluding hydrogens is 268 g/mol. The maximum absolute atomic E-state index is 6.01. The molecule has 2 rings (SSSR count). The number of piperidine rings is 1. The Balaban J connectivity index is 2.02. The van der Waals surface area contributed by atoms with Crippen LogP contribution >= 0.6 is 23.4 Å². The lowest BCUT2D eigenvalue weighted by molar-refractivity contribution is 0.402. The van der Waals surface area contributed by atoms with Gasteiger partial charge in [-0.3, -0.25) is 0 Å². The van der Waals surface area contributed by atoms with Crippen LogP contribution in [-0.2, 0) is 0 Å². The minimum absolute atomic E-state index is 0.507. The number of rotatable bonds is 4. The van der Waals surface area contributed by atoms with Crippen molar-refractivity contribution >= 4 is 29.2 Å². The van der Waals surface area contributed by atoms with E-state index in [0.29, 0.717) is 11.2 Å². The third-order valence-electron chi connectivity index (χ3n) is 3.14. The minimum atomic E-state index is 0.507. The van der Waals surface area contributed by atoms with Gasteiger partial charge in [0.1, 0.15) is 11.0 Å². The van der Waals surface area contributed by atoms with E-state index in [-0.39, 0.29) is 0 Å². The Morgan fingerprint density at radius 1 is 1.50 bits per heavy atom. The van der Waals surface area contributed by atoms with E-state index in [1.807, 2.05) is 12.3 Å². The van der Waals surface area contributed by atoms with Crippen molar-refractivity contribution in [1.82, 2.24) is 15.3 Å². The number of thioether (sulfide) groups is 1. The fourth-order valence-corrected chi connectivity index (χ4v) is 2.78. The van der Waals surface area contributed by atoms with Gasteiger partial charge in [-0.1, -0.05) is 29.8 Å². The van der Waals surface area contributed by atoms with Gasteiger partial charge < -0.3 is 10.2 Å². The maximum Gasteiger partial charge on any atom is 0.190 e. The van der Waals surface area contributed by atoms with Crippen molar-refractivity contribution in [3.05, 3.63) is 11.2 Å². The summed E-state index contributed by atoms with van der Waals surface area (Å²) in [5, 5.41) is 4.77. The molecule has 1 N–H and O–H groups in total. The number of anilines is 1. The van der Waals surface area contributed by atoms with Gasteiger partial charge in [0.2, 0.25) is 0 Å². The fraction of sp³-hybridized carbons (Fsp3) is 0.667. The molecule has 1 atom stereocenters. The molecule has 100 valence electrons. The topological polar surface area (TPSA) is 41.1 Å². The number of nitrogens with zero attached hydrogens (tertiary/aromatic N) is 3. The molecule has 0 aromatic carbocycles. The maximum atomic E-state index is 6.01. The predicted octanol–water partition coefficient (Wildman–Crippen LogP) is 2.43. The van der Waals surface area contributed by atoms with Crippen molar-refractivity contribution in [2.75, 3.05) is 31.3 Å². The molecule has 0 spiro atoms. The highest BCUT2D eigenvalue weighted by molar-refractivity contribution is 7.98. The van der Waals surface area contributed by atoms with Crippen LogP contribution in [0.1, 0.15) is 19.3 Å². The zero-order valence-electron chi connectivity index (χ0n) is 10.8. The lowest BCUT2D eigenvalue weighted by Crippen LogP contribution is -2.42. The standard InChI is InChI=1S/C12H19ClN4S/c1-17(8-9-5-3-4-6-14-9)11-7-10(13)15-12(16-11)18-2/h7,9,14H,3-6,8H2,1-2H3. The summed E-state index contributed by atoms with van der Waals surface area (Å²) in [6.07, 6.45) is 5.79. The fourth-order valence-electron chi connectivity index (χ4n) is 2.18. The second kappa shape index (κ2) is 6.59. The number of hydrogen-bond acceptors (Lipinski definition) is 5. The summed E-state index contributed by atoms with van der Waals surface area (Å²) in [4.78, 5) is 10.8. The van der Waals surface area contributed by atoms with Gasteiger partial charge >= 0.3 is 0 Å². The number of likely N-dealkylation sites (N-methyl/N-ethyl adjacent to an activating group) is 1. The van der Waals surface area contributed by atoms with Gasteiger partial charge in [0.05, 0.1) is 0 Å². The first kappa shape index (κ1) is 13.9. The number of aromatic nitrogens is 2. The molecule has 0 radical (unpaired) electrons. The van der Waals surface area contributed by atoms with Gasteiger partial charge in [0.15, 0.2) is 5.16 Å². The van der Waals surface area contributed by atoms with E-state index in [1.54, 1.807) is 0 Å². The van der Waals surface area contributed by atoms with E-state index >= 15 is 0 Å². The molecule has 0 saturated carbocycles. The van der Waals surface area contributed by atoms with Gasteiger partial charge in [0, 0.05) is 25.7 Å². The third-order valence-corrected chi connectivity index (χ3v) is 3.88. The Morgan fingerprint density at radius 2 is 2.33 bits per heavy atom. The summed E-state index contributed by atoms with van der Waals surface area (Å²) in [6, 6.07) is 2.37. The molecule has 2 heterocycles. The molecule has 1 unspecified atom stereocenters. The highest BCUT2D eigenvalue weighted by Gasteiger charge is 2.16. The first-order valence-electron chi connectivity index (χ1n) is 6.22. The summed E-state index contributed by atoms with van der Waals surface area (Å²) in [5.41, 5.74) is 0. The zero-order valence-corrected chi connectivity index (χ0v) is 12.4. The molecule has 1 aromatic heterocycles. The molecule has 18 heavy (non-hydrogen) atoms. The van der Waals surface area contributed by atoms with Gasteiger partial charge in [-0.2, -0.15) is 0 Å². The largest absolute Gasteiger partial charge is 0.358 e. The number of halogens is 1. The summed E-state index contributed by atoms with van der Waals surface area (Å²) in [7, 11) is 2.05. The minimum Gasteiger partial charge on any atom is -0.358 e. The van der Waals surface area contributed by atoms with Crippen molar-refractivity contribution < 1.29 is 0 Å². The Bertz CT molecular complexity index is 396. The monoisotopic (exact) mass is 286 g/mol. The van der Waals surface area contributed by atoms with E-state index in [1.165, 1.54) is 31.0 Å². The van der Waals surface area contributed by atoms with Gasteiger partial charge in [-0.15, -0.1) is 0 Å². The van der Waals surface area contributed by atoms with E-state index in [0.717, 1.165) is 24.1 Å². The predicted molar refractivity (Wildman–Crippen MR) is 77.7 cm³/mol. The van der Waals surface area contributed by atoms with Gasteiger partial charge in [0.25, 0.3) is 0 Å². The Hall–Kier alpha value is -0.520. The molecule has 4 nitrogen and oxygen atoms in total. The molecule has 1 fully saturated rings. The van der Waals surface area contributed by atoms with Crippen molar-refractivity contribution in [3.8, 4) is 0 Å². The second-order valence-electron chi connectivity index (χ2n) is 4.56. The van der Waals surface area contributed by atoms with Crippen LogP contribution in [0.4, 0.5) is 5.82 Å². The quantitative estimate of drug-likeness (QED) is 0.523. The SMILES string of the molecule is CSc1nc(Cl)cc(N(C)CC2CCCCN2)n1. The second-order valence-corrected chi connectivity index (χ2v) is 5.72. The molecule has 1 aliphatic heterocycles. The molecule has 0 aliphatic carbocycles. The highest BCUT2D eigenvalue weighted by Crippen LogP contribution is 2.20. The van der Waals surface area contributed by atoms with Crippen molar-refractivity contribution in [1.29, 1.82) is 0 Å². The Labute approximate surface area is 118 Å². The lowest BCUT2D eigenvalue weighted by atomic mass is 10.0. The van der Waals surface area contributed by atoms with Crippen LogP contribution in [0.25, 0.3) is 0 Å². The first-order chi connectivity index (χ1) is 8.69. The van der Waals surface area contributed by atoms with E-state index in [9.17, 15) is 0 Å². The van der Waals surface area contributed by atoms with Crippen molar-refractivity contribution in [3.63, 3.8) is 0 Å². The number of hydrogen-bond donors (Lipinski definition) is 1. The summed E-state index contributed by atoms with van der Waals surface area (Å²) in [6.45, 7) is 2.08. The van der Waals surface area contributed by atoms with Gasteiger partial charge in [-0.25, -0.2) is 9.97 Å². The van der Waals surface area contributed by atoms with E-state index in [4.69, 9.17) is 11.6 Å². The molecule has 0 amide bonds. The van der Waals surface area contributed by atoms with Crippen LogP contribution in [0.2, 0.25) is 5.15 Å². The molecule has 0 bridgehead atoms.